The van der Waals surface area contributed by atoms with E-state index in [-0.39, 0.29) is 29.3 Å². The van der Waals surface area contributed by atoms with E-state index in [0.29, 0.717) is 30.0 Å². The highest BCUT2D eigenvalue weighted by Crippen LogP contribution is 2.65. The third kappa shape index (κ3) is 2.99. The zero-order valence-electron chi connectivity index (χ0n) is 16.7. The van der Waals surface area contributed by atoms with E-state index >= 15 is 0 Å². The molecular formula is C23H34O4. The van der Waals surface area contributed by atoms with Gasteiger partial charge in [0.25, 0.3) is 0 Å². The van der Waals surface area contributed by atoms with Crippen LogP contribution in [0.4, 0.5) is 0 Å². The smallest absolute Gasteiger partial charge is 0.303 e. The summed E-state index contributed by atoms with van der Waals surface area (Å²) in [5, 5.41) is 20.0. The van der Waals surface area contributed by atoms with Gasteiger partial charge in [0, 0.05) is 18.3 Å². The van der Waals surface area contributed by atoms with E-state index in [4.69, 9.17) is 5.11 Å². The summed E-state index contributed by atoms with van der Waals surface area (Å²) in [7, 11) is 0. The summed E-state index contributed by atoms with van der Waals surface area (Å²) in [6.45, 7) is 4.58. The number of carbonyl (C=O) groups excluding carboxylic acids is 1. The maximum Gasteiger partial charge on any atom is 0.303 e. The first-order chi connectivity index (χ1) is 12.8. The lowest BCUT2D eigenvalue weighted by molar-refractivity contribution is -0.155. The fourth-order valence-corrected chi connectivity index (χ4v) is 7.50. The zero-order valence-corrected chi connectivity index (χ0v) is 16.7. The Morgan fingerprint density at radius 1 is 1.15 bits per heavy atom. The topological polar surface area (TPSA) is 74.6 Å². The van der Waals surface area contributed by atoms with Crippen molar-refractivity contribution in [2.24, 2.45) is 34.5 Å². The molecule has 4 aliphatic rings. The Bertz CT molecular complexity index is 667. The fourth-order valence-electron chi connectivity index (χ4n) is 7.50. The summed E-state index contributed by atoms with van der Waals surface area (Å²) in [6, 6.07) is 0. The second-order valence-electron chi connectivity index (χ2n) is 10.2. The molecule has 0 spiro atoms. The molecule has 0 bridgehead atoms. The minimum atomic E-state index is -0.746. The number of aliphatic carboxylic acids is 1. The van der Waals surface area contributed by atoms with Gasteiger partial charge in [-0.2, -0.15) is 0 Å². The number of Topliss-reactive ketones (excluding diaryl/α,β-unsaturated/α-hetero) is 1. The standard InChI is InChI=1S/C23H34O4/c1-22-10-8-14(4-3-5-21(26)27)12-18(22)19(24)13-15-16-6-7-20(25)23(16,2)11-9-17(15)22/h4,15-19,24H,3,5-13H2,1-2H3,(H,26,27)/b14-4-/t15-,16-,17-,18?,19-,22+,23-/m0/s1. The fraction of sp³-hybridized carbons (Fsp3) is 0.826. The molecule has 0 saturated heterocycles. The molecule has 4 rings (SSSR count). The van der Waals surface area contributed by atoms with Gasteiger partial charge in [-0.1, -0.05) is 25.5 Å². The first-order valence-corrected chi connectivity index (χ1v) is 10.9. The predicted octanol–water partition coefficient (Wildman–Crippen LogP) is 4.36. The van der Waals surface area contributed by atoms with Crippen LogP contribution in [0.2, 0.25) is 0 Å². The van der Waals surface area contributed by atoms with Crippen molar-refractivity contribution in [3.8, 4) is 0 Å². The molecule has 0 radical (unpaired) electrons. The normalized spacial score (nSPS) is 48.0. The molecule has 4 heteroatoms. The van der Waals surface area contributed by atoms with Crippen LogP contribution in [0.5, 0.6) is 0 Å². The van der Waals surface area contributed by atoms with E-state index in [9.17, 15) is 14.7 Å². The molecule has 0 aromatic rings. The van der Waals surface area contributed by atoms with Crippen LogP contribution in [0.1, 0.15) is 78.1 Å². The van der Waals surface area contributed by atoms with Crippen LogP contribution < -0.4 is 0 Å². The van der Waals surface area contributed by atoms with Crippen LogP contribution in [0.3, 0.4) is 0 Å². The molecule has 4 saturated carbocycles. The highest BCUT2D eigenvalue weighted by molar-refractivity contribution is 5.87. The number of carboxylic acid groups (broad SMARTS) is 1. The number of hydrogen-bond donors (Lipinski definition) is 2. The number of ketones is 1. The van der Waals surface area contributed by atoms with E-state index in [1.54, 1.807) is 0 Å². The third-order valence-electron chi connectivity index (χ3n) is 9.08. The average molecular weight is 375 g/mol. The summed E-state index contributed by atoms with van der Waals surface area (Å²) in [5.41, 5.74) is 1.35. The highest BCUT2D eigenvalue weighted by atomic mass is 16.4. The molecule has 0 amide bonds. The van der Waals surface area contributed by atoms with Gasteiger partial charge in [0.1, 0.15) is 5.78 Å². The molecule has 0 aromatic heterocycles. The number of allylic oxidation sites excluding steroid dienone is 2. The first kappa shape index (κ1) is 19.2. The molecule has 150 valence electrons. The van der Waals surface area contributed by atoms with Gasteiger partial charge in [0.15, 0.2) is 0 Å². The number of rotatable bonds is 3. The molecule has 4 fully saturated rings. The van der Waals surface area contributed by atoms with Crippen molar-refractivity contribution in [1.29, 1.82) is 0 Å². The Morgan fingerprint density at radius 2 is 1.93 bits per heavy atom. The zero-order chi connectivity index (χ0) is 19.4. The van der Waals surface area contributed by atoms with E-state index in [2.05, 4.69) is 19.9 Å². The van der Waals surface area contributed by atoms with Gasteiger partial charge in [-0.15, -0.1) is 0 Å². The number of fused-ring (bicyclic) bond motifs is 5. The molecule has 4 aliphatic carbocycles. The lowest BCUT2D eigenvalue weighted by Gasteiger charge is -2.61. The number of carboxylic acids is 1. The molecule has 2 N–H and O–H groups in total. The van der Waals surface area contributed by atoms with Crippen molar-refractivity contribution < 1.29 is 19.8 Å². The number of hydrogen-bond acceptors (Lipinski definition) is 3. The van der Waals surface area contributed by atoms with Crippen molar-refractivity contribution in [1.82, 2.24) is 0 Å². The summed E-state index contributed by atoms with van der Waals surface area (Å²) in [6.07, 6.45) is 10.4. The third-order valence-corrected chi connectivity index (χ3v) is 9.08. The lowest BCUT2D eigenvalue weighted by atomic mass is 9.44. The van der Waals surface area contributed by atoms with Crippen molar-refractivity contribution >= 4 is 11.8 Å². The van der Waals surface area contributed by atoms with Gasteiger partial charge < -0.3 is 10.2 Å². The van der Waals surface area contributed by atoms with Crippen molar-refractivity contribution in [3.05, 3.63) is 11.6 Å². The SMILES string of the molecule is C[C@]12CC/C(=C/CCC(=O)O)CC1[C@@H](O)C[C@@H]1[C@@H]2CC[C@]2(C)C(=O)CC[C@@H]12. The summed E-state index contributed by atoms with van der Waals surface area (Å²) in [5.74, 6) is 1.57. The molecule has 4 nitrogen and oxygen atoms in total. The van der Waals surface area contributed by atoms with E-state index in [0.717, 1.165) is 51.4 Å². The average Bonchev–Trinajstić information content (AvgIpc) is 2.91. The number of carbonyl (C=O) groups is 2. The molecule has 0 heterocycles. The predicted molar refractivity (Wildman–Crippen MR) is 103 cm³/mol. The molecule has 7 atom stereocenters. The maximum atomic E-state index is 12.5. The second-order valence-corrected chi connectivity index (χ2v) is 10.2. The number of aliphatic hydroxyl groups is 1. The second kappa shape index (κ2) is 6.72. The molecule has 1 unspecified atom stereocenters. The van der Waals surface area contributed by atoms with Crippen molar-refractivity contribution in [3.63, 3.8) is 0 Å². The van der Waals surface area contributed by atoms with Gasteiger partial charge in [-0.3, -0.25) is 9.59 Å². The minimum Gasteiger partial charge on any atom is -0.481 e. The van der Waals surface area contributed by atoms with Crippen LogP contribution in [-0.2, 0) is 9.59 Å². The van der Waals surface area contributed by atoms with Gasteiger partial charge in [-0.05, 0) is 80.5 Å². The maximum absolute atomic E-state index is 12.5. The van der Waals surface area contributed by atoms with Crippen LogP contribution in [-0.4, -0.2) is 28.1 Å². The molecule has 0 aliphatic heterocycles. The van der Waals surface area contributed by atoms with Crippen LogP contribution >= 0.6 is 0 Å². The largest absolute Gasteiger partial charge is 0.481 e. The van der Waals surface area contributed by atoms with Crippen LogP contribution in [0.15, 0.2) is 11.6 Å². The van der Waals surface area contributed by atoms with Gasteiger partial charge >= 0.3 is 5.97 Å². The summed E-state index contributed by atoms with van der Waals surface area (Å²) < 4.78 is 0. The number of aliphatic hydroxyl groups excluding tert-OH is 1. The molecular weight excluding hydrogens is 340 g/mol. The highest BCUT2D eigenvalue weighted by Gasteiger charge is 2.61. The van der Waals surface area contributed by atoms with Crippen molar-refractivity contribution in [2.75, 3.05) is 0 Å². The monoisotopic (exact) mass is 374 g/mol. The Kier molecular flexibility index (Phi) is 4.77. The van der Waals surface area contributed by atoms with Gasteiger partial charge in [-0.25, -0.2) is 0 Å². The summed E-state index contributed by atoms with van der Waals surface area (Å²) in [4.78, 5) is 23.3. The van der Waals surface area contributed by atoms with E-state index in [1.165, 1.54) is 5.57 Å². The van der Waals surface area contributed by atoms with Crippen LogP contribution in [0.25, 0.3) is 0 Å². The van der Waals surface area contributed by atoms with E-state index in [1.807, 2.05) is 0 Å². The Labute approximate surface area is 162 Å². The molecule has 0 aromatic carbocycles. The van der Waals surface area contributed by atoms with Gasteiger partial charge in [0.05, 0.1) is 6.10 Å². The Balaban J connectivity index is 1.54. The van der Waals surface area contributed by atoms with E-state index < -0.39 is 5.97 Å². The first-order valence-electron chi connectivity index (χ1n) is 10.9. The Hall–Kier alpha value is -1.16. The molecule has 27 heavy (non-hydrogen) atoms. The summed E-state index contributed by atoms with van der Waals surface area (Å²) >= 11 is 0. The Morgan fingerprint density at radius 3 is 2.67 bits per heavy atom. The van der Waals surface area contributed by atoms with Crippen LogP contribution in [0, 0.1) is 34.5 Å². The van der Waals surface area contributed by atoms with Gasteiger partial charge in [0.2, 0.25) is 0 Å². The lowest BCUT2D eigenvalue weighted by Crippen LogP contribution is -2.57. The minimum absolute atomic E-state index is 0.138. The quantitative estimate of drug-likeness (QED) is 0.720. The van der Waals surface area contributed by atoms with Crippen molar-refractivity contribution in [2.45, 2.75) is 84.2 Å².